The first-order chi connectivity index (χ1) is 9.22. The van der Waals surface area contributed by atoms with E-state index in [2.05, 4.69) is 22.0 Å². The van der Waals surface area contributed by atoms with Crippen LogP contribution >= 0.6 is 12.2 Å². The number of thiocarbonyl (C=S) groups is 1. The van der Waals surface area contributed by atoms with Crippen LogP contribution in [0.4, 0.5) is 5.69 Å². The highest BCUT2D eigenvalue weighted by molar-refractivity contribution is 7.80. The Morgan fingerprint density at radius 1 is 1.32 bits per heavy atom. The summed E-state index contributed by atoms with van der Waals surface area (Å²) < 4.78 is 5.21. The van der Waals surface area contributed by atoms with E-state index in [1.165, 1.54) is 0 Å². The van der Waals surface area contributed by atoms with E-state index in [0.29, 0.717) is 0 Å². The summed E-state index contributed by atoms with van der Waals surface area (Å²) in [6.07, 6.45) is 0. The van der Waals surface area contributed by atoms with Crippen molar-refractivity contribution in [2.75, 3.05) is 45.2 Å². The number of hydrogen-bond donors (Lipinski definition) is 1. The highest BCUT2D eigenvalue weighted by atomic mass is 32.1. The number of nitrogens with zero attached hydrogens (tertiary/aromatic N) is 2. The highest BCUT2D eigenvalue weighted by Gasteiger charge is 2.17. The smallest absolute Gasteiger partial charge is 0.173 e. The molecule has 0 aromatic heterocycles. The second-order valence-corrected chi connectivity index (χ2v) is 4.97. The maximum Gasteiger partial charge on any atom is 0.173 e. The first kappa shape index (κ1) is 14.1. The Balaban J connectivity index is 1.90. The Hall–Kier alpha value is -1.33. The summed E-state index contributed by atoms with van der Waals surface area (Å²) in [4.78, 5) is 4.66. The lowest BCUT2D eigenvalue weighted by Crippen LogP contribution is -2.49. The molecule has 1 N–H and O–H groups in total. The third-order valence-corrected chi connectivity index (χ3v) is 3.79. The Bertz CT molecular complexity index is 430. The molecular formula is C14H21N3OS. The van der Waals surface area contributed by atoms with Gasteiger partial charge in [0.1, 0.15) is 5.75 Å². The van der Waals surface area contributed by atoms with Gasteiger partial charge in [-0.3, -0.25) is 0 Å². The molecule has 5 heteroatoms. The van der Waals surface area contributed by atoms with Gasteiger partial charge in [0.25, 0.3) is 0 Å². The SMILES string of the molecule is CCN1CCN(C(=S)Nc2cccc(OC)c2)CC1. The number of rotatable bonds is 3. The van der Waals surface area contributed by atoms with Crippen molar-refractivity contribution in [1.29, 1.82) is 0 Å². The van der Waals surface area contributed by atoms with Crippen molar-refractivity contribution in [3.05, 3.63) is 24.3 Å². The summed E-state index contributed by atoms with van der Waals surface area (Å²) in [6, 6.07) is 7.83. The molecule has 0 bridgehead atoms. The molecule has 1 aromatic carbocycles. The molecule has 1 aliphatic heterocycles. The van der Waals surface area contributed by atoms with E-state index in [4.69, 9.17) is 17.0 Å². The zero-order valence-electron chi connectivity index (χ0n) is 11.6. The van der Waals surface area contributed by atoms with Crippen LogP contribution in [0.5, 0.6) is 5.75 Å². The van der Waals surface area contributed by atoms with E-state index in [9.17, 15) is 0 Å². The fourth-order valence-electron chi connectivity index (χ4n) is 2.17. The molecule has 1 fully saturated rings. The van der Waals surface area contributed by atoms with Gasteiger partial charge >= 0.3 is 0 Å². The topological polar surface area (TPSA) is 27.7 Å². The normalized spacial score (nSPS) is 16.2. The van der Waals surface area contributed by atoms with Crippen LogP contribution in [-0.4, -0.2) is 54.7 Å². The van der Waals surface area contributed by atoms with Gasteiger partial charge in [-0.2, -0.15) is 0 Å². The maximum absolute atomic E-state index is 5.47. The molecule has 0 spiro atoms. The van der Waals surface area contributed by atoms with Gasteiger partial charge in [-0.05, 0) is 30.9 Å². The fourth-order valence-corrected chi connectivity index (χ4v) is 2.47. The summed E-state index contributed by atoms with van der Waals surface area (Å²) in [7, 11) is 1.67. The van der Waals surface area contributed by atoms with Gasteiger partial charge in [0.15, 0.2) is 5.11 Å². The van der Waals surface area contributed by atoms with Gasteiger partial charge in [0.2, 0.25) is 0 Å². The predicted molar refractivity (Wildman–Crippen MR) is 82.9 cm³/mol. The minimum absolute atomic E-state index is 0.795. The van der Waals surface area contributed by atoms with Crippen LogP contribution in [0, 0.1) is 0 Å². The van der Waals surface area contributed by atoms with E-state index in [1.807, 2.05) is 24.3 Å². The van der Waals surface area contributed by atoms with Crippen molar-refractivity contribution in [3.63, 3.8) is 0 Å². The van der Waals surface area contributed by atoms with Gasteiger partial charge < -0.3 is 19.9 Å². The second kappa shape index (κ2) is 6.73. The summed E-state index contributed by atoms with van der Waals surface area (Å²) in [6.45, 7) is 7.45. The number of methoxy groups -OCH3 is 1. The molecule has 0 aliphatic carbocycles. The van der Waals surface area contributed by atoms with Crippen LogP contribution < -0.4 is 10.1 Å². The van der Waals surface area contributed by atoms with E-state index in [1.54, 1.807) is 7.11 Å². The third-order valence-electron chi connectivity index (χ3n) is 3.43. The number of ether oxygens (including phenoxy) is 1. The average molecular weight is 279 g/mol. The fraction of sp³-hybridized carbons (Fsp3) is 0.500. The molecule has 1 aromatic rings. The highest BCUT2D eigenvalue weighted by Crippen LogP contribution is 2.17. The van der Waals surface area contributed by atoms with Crippen molar-refractivity contribution < 1.29 is 4.74 Å². The summed E-state index contributed by atoms with van der Waals surface area (Å²) >= 11 is 5.47. The number of piperazine rings is 1. The Labute approximate surface area is 120 Å². The number of hydrogen-bond acceptors (Lipinski definition) is 3. The largest absolute Gasteiger partial charge is 0.497 e. The third kappa shape index (κ3) is 3.81. The van der Waals surface area contributed by atoms with Crippen LogP contribution in [0.3, 0.4) is 0 Å². The van der Waals surface area contributed by atoms with Crippen molar-refractivity contribution >= 4 is 23.0 Å². The van der Waals surface area contributed by atoms with E-state index in [-0.39, 0.29) is 0 Å². The van der Waals surface area contributed by atoms with Crippen molar-refractivity contribution in [2.45, 2.75) is 6.92 Å². The standard InChI is InChI=1S/C14H21N3OS/c1-3-16-7-9-17(10-8-16)14(19)15-12-5-4-6-13(11-12)18-2/h4-6,11H,3,7-10H2,1-2H3,(H,15,19). The molecule has 104 valence electrons. The molecule has 0 amide bonds. The molecule has 1 aliphatic rings. The molecule has 19 heavy (non-hydrogen) atoms. The van der Waals surface area contributed by atoms with Crippen molar-refractivity contribution in [2.24, 2.45) is 0 Å². The molecule has 0 radical (unpaired) electrons. The predicted octanol–water partition coefficient (Wildman–Crippen LogP) is 2.03. The van der Waals surface area contributed by atoms with E-state index < -0.39 is 0 Å². The second-order valence-electron chi connectivity index (χ2n) is 4.58. The lowest BCUT2D eigenvalue weighted by molar-refractivity contribution is 0.191. The quantitative estimate of drug-likeness (QED) is 0.855. The number of benzene rings is 1. The minimum atomic E-state index is 0.795. The van der Waals surface area contributed by atoms with Gasteiger partial charge in [0.05, 0.1) is 7.11 Å². The van der Waals surface area contributed by atoms with Gasteiger partial charge in [-0.1, -0.05) is 13.0 Å². The summed E-state index contributed by atoms with van der Waals surface area (Å²) in [5, 5.41) is 4.07. The molecular weight excluding hydrogens is 258 g/mol. The van der Waals surface area contributed by atoms with Crippen LogP contribution in [0.2, 0.25) is 0 Å². The monoisotopic (exact) mass is 279 g/mol. The van der Waals surface area contributed by atoms with Crippen LogP contribution in [0.15, 0.2) is 24.3 Å². The molecule has 1 saturated heterocycles. The van der Waals surface area contributed by atoms with Gasteiger partial charge in [0, 0.05) is 37.9 Å². The Morgan fingerprint density at radius 2 is 2.05 bits per heavy atom. The Kier molecular flexibility index (Phi) is 4.99. The first-order valence-electron chi connectivity index (χ1n) is 6.65. The molecule has 0 atom stereocenters. The Morgan fingerprint density at radius 3 is 2.68 bits per heavy atom. The van der Waals surface area contributed by atoms with E-state index >= 15 is 0 Å². The number of nitrogens with one attached hydrogen (secondary N) is 1. The molecule has 0 unspecified atom stereocenters. The molecule has 0 saturated carbocycles. The maximum atomic E-state index is 5.47. The van der Waals surface area contributed by atoms with Crippen LogP contribution in [-0.2, 0) is 0 Å². The van der Waals surface area contributed by atoms with Crippen LogP contribution in [0.25, 0.3) is 0 Å². The zero-order chi connectivity index (χ0) is 13.7. The summed E-state index contributed by atoms with van der Waals surface area (Å²) in [5.41, 5.74) is 0.974. The summed E-state index contributed by atoms with van der Waals surface area (Å²) in [5.74, 6) is 0.837. The van der Waals surface area contributed by atoms with Crippen molar-refractivity contribution in [1.82, 2.24) is 9.80 Å². The minimum Gasteiger partial charge on any atom is -0.497 e. The number of likely N-dealkylation sites (N-methyl/N-ethyl adjacent to an activating group) is 1. The lowest BCUT2D eigenvalue weighted by atomic mass is 10.3. The zero-order valence-corrected chi connectivity index (χ0v) is 12.4. The van der Waals surface area contributed by atoms with Gasteiger partial charge in [-0.25, -0.2) is 0 Å². The van der Waals surface area contributed by atoms with Crippen LogP contribution in [0.1, 0.15) is 6.92 Å². The van der Waals surface area contributed by atoms with E-state index in [0.717, 1.165) is 49.3 Å². The molecule has 4 nitrogen and oxygen atoms in total. The average Bonchev–Trinajstić information content (AvgIpc) is 2.47. The molecule has 1 heterocycles. The van der Waals surface area contributed by atoms with Gasteiger partial charge in [-0.15, -0.1) is 0 Å². The first-order valence-corrected chi connectivity index (χ1v) is 7.06. The number of anilines is 1. The lowest BCUT2D eigenvalue weighted by Gasteiger charge is -2.35. The van der Waals surface area contributed by atoms with Crippen molar-refractivity contribution in [3.8, 4) is 5.75 Å². The molecule has 2 rings (SSSR count).